The molecule has 2 aliphatic heterocycles. The van der Waals surface area contributed by atoms with Crippen molar-refractivity contribution in [3.63, 3.8) is 0 Å². The number of carbonyl (C=O) groups excluding carboxylic acids is 1. The van der Waals surface area contributed by atoms with Crippen LogP contribution in [0.1, 0.15) is 40.9 Å². The Morgan fingerprint density at radius 2 is 1.91 bits per heavy atom. The molecule has 6 rings (SSSR count). The molecule has 0 aliphatic carbocycles. The van der Waals surface area contributed by atoms with Crippen molar-refractivity contribution in [3.8, 4) is 17.0 Å². The van der Waals surface area contributed by atoms with Gasteiger partial charge >= 0.3 is 0 Å². The van der Waals surface area contributed by atoms with Crippen LogP contribution in [0.4, 0.5) is 16.0 Å². The monoisotopic (exact) mass is 600 g/mol. The van der Waals surface area contributed by atoms with E-state index in [1.54, 1.807) is 30.5 Å². The highest BCUT2D eigenvalue weighted by Gasteiger charge is 2.28. The Morgan fingerprint density at radius 3 is 2.63 bits per heavy atom. The molecule has 1 unspecified atom stereocenters. The van der Waals surface area contributed by atoms with E-state index in [9.17, 15) is 4.79 Å². The van der Waals surface area contributed by atoms with Crippen LogP contribution in [0.2, 0.25) is 5.02 Å². The molecule has 0 saturated carbocycles. The van der Waals surface area contributed by atoms with Gasteiger partial charge in [0.2, 0.25) is 5.95 Å². The summed E-state index contributed by atoms with van der Waals surface area (Å²) in [4.78, 5) is 31.2. The molecule has 0 radical (unpaired) electrons. The second kappa shape index (κ2) is 12.5. The second-order valence-electron chi connectivity index (χ2n) is 10.6. The minimum atomic E-state index is -0.442. The number of amides is 1. The van der Waals surface area contributed by atoms with Crippen LogP contribution < -0.4 is 10.1 Å². The summed E-state index contributed by atoms with van der Waals surface area (Å²) < 4.78 is 20.6. The van der Waals surface area contributed by atoms with Crippen molar-refractivity contribution in [3.05, 3.63) is 100.0 Å². The predicted octanol–water partition coefficient (Wildman–Crippen LogP) is 6.45. The van der Waals surface area contributed by atoms with Crippen LogP contribution in [-0.4, -0.2) is 71.7 Å². The van der Waals surface area contributed by atoms with Gasteiger partial charge in [-0.05, 0) is 69.0 Å². The summed E-state index contributed by atoms with van der Waals surface area (Å²) in [6.45, 7) is 1.74. The van der Waals surface area contributed by atoms with Gasteiger partial charge in [-0.2, -0.15) is 0 Å². The van der Waals surface area contributed by atoms with Crippen molar-refractivity contribution in [2.24, 2.45) is 4.99 Å². The van der Waals surface area contributed by atoms with Crippen LogP contribution in [0.5, 0.6) is 5.75 Å². The Hall–Kier alpha value is -4.34. The van der Waals surface area contributed by atoms with Gasteiger partial charge in [0.15, 0.2) is 0 Å². The van der Waals surface area contributed by atoms with E-state index in [-0.39, 0.29) is 25.4 Å². The standard InChI is InChI=1S/C32H30ClFN6O2.CH4/c1-39(2)23-13-14-40(18-23)31(41)19-7-10-22(11-8-19)37-32-36-17-20-16-35-30(28-26(34)5-4-6-27(28)42-3)25-15-21(33)9-12-24(25)29(20)38-32;/h4-12,15,17,23H,13-14,16,18H2,1-3H3,(H,36,37,38);1H4. The first kappa shape index (κ1) is 30.1. The summed E-state index contributed by atoms with van der Waals surface area (Å²) in [6.07, 6.45) is 2.70. The van der Waals surface area contributed by atoms with Crippen molar-refractivity contribution in [1.82, 2.24) is 19.8 Å². The summed E-state index contributed by atoms with van der Waals surface area (Å²) in [5.74, 6) is 0.351. The van der Waals surface area contributed by atoms with E-state index in [1.165, 1.54) is 13.2 Å². The normalized spacial score (nSPS) is 15.6. The summed E-state index contributed by atoms with van der Waals surface area (Å²) in [5, 5.41) is 3.74. The molecule has 0 spiro atoms. The number of ether oxygens (including phenoxy) is 1. The summed E-state index contributed by atoms with van der Waals surface area (Å²) in [6, 6.07) is 17.8. The van der Waals surface area contributed by atoms with E-state index in [4.69, 9.17) is 26.3 Å². The Bertz CT molecular complexity index is 1690. The lowest BCUT2D eigenvalue weighted by Gasteiger charge is -2.20. The van der Waals surface area contributed by atoms with E-state index in [2.05, 4.69) is 15.2 Å². The first-order chi connectivity index (χ1) is 20.3. The van der Waals surface area contributed by atoms with Gasteiger partial charge in [0.25, 0.3) is 5.91 Å². The number of aromatic nitrogens is 2. The van der Waals surface area contributed by atoms with Gasteiger partial charge in [-0.15, -0.1) is 0 Å². The fourth-order valence-corrected chi connectivity index (χ4v) is 5.63. The third-order valence-corrected chi connectivity index (χ3v) is 8.00. The molecule has 3 aromatic carbocycles. The largest absolute Gasteiger partial charge is 0.496 e. The number of aliphatic imine (C=N–C) groups is 1. The molecule has 1 atom stereocenters. The first-order valence-electron chi connectivity index (χ1n) is 13.7. The molecule has 1 aromatic heterocycles. The fourth-order valence-electron chi connectivity index (χ4n) is 5.46. The average molecular weight is 601 g/mol. The number of nitrogens with one attached hydrogen (secondary N) is 1. The van der Waals surface area contributed by atoms with Gasteiger partial charge in [-0.1, -0.05) is 31.2 Å². The predicted molar refractivity (Wildman–Crippen MR) is 169 cm³/mol. The van der Waals surface area contributed by atoms with Crippen LogP contribution >= 0.6 is 11.6 Å². The number of anilines is 2. The number of likely N-dealkylation sites (tertiary alicyclic amines) is 1. The molecule has 4 aromatic rings. The molecule has 1 saturated heterocycles. The smallest absolute Gasteiger partial charge is 0.253 e. The van der Waals surface area contributed by atoms with Gasteiger partial charge in [-0.3, -0.25) is 9.79 Å². The molecule has 1 fully saturated rings. The Labute approximate surface area is 256 Å². The van der Waals surface area contributed by atoms with Gasteiger partial charge in [-0.25, -0.2) is 14.4 Å². The second-order valence-corrected chi connectivity index (χ2v) is 11.0. The van der Waals surface area contributed by atoms with Crippen LogP contribution in [0.25, 0.3) is 11.3 Å². The van der Waals surface area contributed by atoms with E-state index in [1.807, 2.05) is 49.3 Å². The van der Waals surface area contributed by atoms with Crippen molar-refractivity contribution in [2.45, 2.75) is 26.4 Å². The number of rotatable bonds is 6. The van der Waals surface area contributed by atoms with Crippen molar-refractivity contribution in [2.75, 3.05) is 39.6 Å². The lowest BCUT2D eigenvalue weighted by Crippen LogP contribution is -2.34. The molecular formula is C33H34ClFN6O2. The zero-order valence-corrected chi connectivity index (χ0v) is 24.3. The molecule has 10 heteroatoms. The number of hydrogen-bond donors (Lipinski definition) is 1. The maximum absolute atomic E-state index is 15.1. The number of carbonyl (C=O) groups is 1. The van der Waals surface area contributed by atoms with Gasteiger partial charge in [0.1, 0.15) is 11.6 Å². The summed E-state index contributed by atoms with van der Waals surface area (Å²) in [5.41, 5.74) is 4.95. The maximum atomic E-state index is 15.1. The zero-order valence-electron chi connectivity index (χ0n) is 23.6. The van der Waals surface area contributed by atoms with Crippen LogP contribution in [0.15, 0.2) is 71.9 Å². The Morgan fingerprint density at radius 1 is 1.12 bits per heavy atom. The molecule has 8 nitrogen and oxygen atoms in total. The van der Waals surface area contributed by atoms with Gasteiger partial charge < -0.3 is 19.9 Å². The minimum absolute atomic E-state index is 0. The third kappa shape index (κ3) is 5.96. The van der Waals surface area contributed by atoms with Crippen LogP contribution in [0.3, 0.4) is 0 Å². The molecule has 2 aliphatic rings. The number of benzene rings is 3. The highest BCUT2D eigenvalue weighted by Crippen LogP contribution is 2.36. The number of hydrogen-bond acceptors (Lipinski definition) is 7. The molecular weight excluding hydrogens is 567 g/mol. The number of likely N-dealkylation sites (N-methyl/N-ethyl adjacent to an activating group) is 1. The van der Waals surface area contributed by atoms with Gasteiger partial charge in [0, 0.05) is 58.3 Å². The van der Waals surface area contributed by atoms with Gasteiger partial charge in [0.05, 0.1) is 30.6 Å². The maximum Gasteiger partial charge on any atom is 0.253 e. The molecule has 222 valence electrons. The van der Waals surface area contributed by atoms with Crippen molar-refractivity contribution >= 4 is 34.9 Å². The minimum Gasteiger partial charge on any atom is -0.496 e. The SMILES string of the molecule is C.COc1cccc(F)c1C1=NCc2cnc(Nc3ccc(C(=O)N4CCC(N(C)C)C4)cc3)nc2-c2ccc(Cl)cc21. The summed E-state index contributed by atoms with van der Waals surface area (Å²) in [7, 11) is 5.59. The van der Waals surface area contributed by atoms with Crippen molar-refractivity contribution < 1.29 is 13.9 Å². The molecule has 43 heavy (non-hydrogen) atoms. The van der Waals surface area contributed by atoms with E-state index >= 15 is 4.39 Å². The van der Waals surface area contributed by atoms with Crippen LogP contribution in [0, 0.1) is 5.82 Å². The Kier molecular flexibility index (Phi) is 8.75. The quantitative estimate of drug-likeness (QED) is 0.274. The average Bonchev–Trinajstić information content (AvgIpc) is 3.44. The number of nitrogens with zero attached hydrogens (tertiary/aromatic N) is 5. The van der Waals surface area contributed by atoms with E-state index in [0.717, 1.165) is 36.3 Å². The zero-order chi connectivity index (χ0) is 29.4. The Balaban J connectivity index is 0.00000368. The molecule has 0 bridgehead atoms. The number of halogens is 2. The number of fused-ring (bicyclic) bond motifs is 3. The third-order valence-electron chi connectivity index (χ3n) is 7.76. The molecule has 1 N–H and O–H groups in total. The molecule has 1 amide bonds. The lowest BCUT2D eigenvalue weighted by atomic mass is 9.94. The van der Waals surface area contributed by atoms with E-state index < -0.39 is 5.82 Å². The van der Waals surface area contributed by atoms with Crippen LogP contribution in [-0.2, 0) is 6.54 Å². The summed E-state index contributed by atoms with van der Waals surface area (Å²) >= 11 is 6.40. The van der Waals surface area contributed by atoms with Crippen molar-refractivity contribution in [1.29, 1.82) is 0 Å². The topological polar surface area (TPSA) is 83.0 Å². The molecule has 3 heterocycles. The van der Waals surface area contributed by atoms with E-state index in [0.29, 0.717) is 45.3 Å². The highest BCUT2D eigenvalue weighted by atomic mass is 35.5. The number of methoxy groups -OCH3 is 1. The fraction of sp³-hybridized carbons (Fsp3) is 0.273. The lowest BCUT2D eigenvalue weighted by molar-refractivity contribution is 0.0783. The first-order valence-corrected chi connectivity index (χ1v) is 14.1. The highest BCUT2D eigenvalue weighted by molar-refractivity contribution is 6.31.